The van der Waals surface area contributed by atoms with Crippen molar-refractivity contribution >= 4 is 17.5 Å². The number of pyridine rings is 1. The summed E-state index contributed by atoms with van der Waals surface area (Å²) in [6.07, 6.45) is 0. The van der Waals surface area contributed by atoms with Gasteiger partial charge in [0.2, 0.25) is 0 Å². The number of ether oxygens (including phenoxy) is 1. The van der Waals surface area contributed by atoms with Gasteiger partial charge < -0.3 is 16.2 Å². The van der Waals surface area contributed by atoms with Gasteiger partial charge in [-0.05, 0) is 6.07 Å². The van der Waals surface area contributed by atoms with E-state index in [1.165, 1.54) is 7.11 Å². The Hall–Kier alpha value is -2.18. The second-order valence-corrected chi connectivity index (χ2v) is 2.61. The van der Waals surface area contributed by atoms with Crippen molar-refractivity contribution in [3.8, 4) is 5.88 Å². The summed E-state index contributed by atoms with van der Waals surface area (Å²) in [5.41, 5.74) is 9.68. The Bertz CT molecular complexity index is 433. The predicted molar refractivity (Wildman–Crippen MR) is 48.7 cm³/mol. The van der Waals surface area contributed by atoms with Crippen LogP contribution in [0.5, 0.6) is 5.88 Å². The number of anilines is 1. The number of carbonyl (C=O) groups excluding carboxylic acids is 2. The first-order chi connectivity index (χ1) is 6.97. The summed E-state index contributed by atoms with van der Waals surface area (Å²) in [4.78, 5) is 25.1. The number of halogens is 1. The molecule has 0 atom stereocenters. The molecule has 1 aromatic heterocycles. The van der Waals surface area contributed by atoms with Gasteiger partial charge >= 0.3 is 0 Å². The van der Waals surface area contributed by atoms with Gasteiger partial charge in [0, 0.05) is 0 Å². The molecule has 1 rings (SSSR count). The number of nitrogens with two attached hydrogens (primary N) is 2. The third-order valence-corrected chi connectivity index (χ3v) is 1.64. The van der Waals surface area contributed by atoms with Crippen molar-refractivity contribution in [1.29, 1.82) is 0 Å². The van der Waals surface area contributed by atoms with Gasteiger partial charge in [-0.25, -0.2) is 4.39 Å². The lowest BCUT2D eigenvalue weighted by Crippen LogP contribution is -2.24. The number of hydrogen-bond donors (Lipinski definition) is 2. The summed E-state index contributed by atoms with van der Waals surface area (Å²) in [5, 5.41) is 0. The zero-order valence-electron chi connectivity index (χ0n) is 7.78. The van der Waals surface area contributed by atoms with Gasteiger partial charge in [-0.2, -0.15) is 4.98 Å². The number of hydrogen-bond acceptors (Lipinski definition) is 5. The van der Waals surface area contributed by atoms with Crippen LogP contribution in [0.2, 0.25) is 0 Å². The third kappa shape index (κ3) is 2.01. The second-order valence-electron chi connectivity index (χ2n) is 2.61. The van der Waals surface area contributed by atoms with Crippen molar-refractivity contribution in [1.82, 2.24) is 4.98 Å². The number of ketones is 1. The number of aromatic nitrogens is 1. The molecule has 0 aromatic carbocycles. The fourth-order valence-electron chi connectivity index (χ4n) is 0.943. The van der Waals surface area contributed by atoms with Crippen LogP contribution in [-0.4, -0.2) is 23.8 Å². The summed E-state index contributed by atoms with van der Waals surface area (Å²) >= 11 is 0. The Balaban J connectivity index is 3.28. The third-order valence-electron chi connectivity index (χ3n) is 1.64. The SMILES string of the molecule is COc1nc(N)c(C(=O)C(N)=O)cc1F. The minimum absolute atomic E-state index is 0.308. The summed E-state index contributed by atoms with van der Waals surface area (Å²) in [7, 11) is 1.19. The molecule has 4 N–H and O–H groups in total. The summed E-state index contributed by atoms with van der Waals surface area (Å²) in [6.45, 7) is 0. The molecule has 6 nitrogen and oxygen atoms in total. The number of amides is 1. The van der Waals surface area contributed by atoms with Crippen molar-refractivity contribution in [2.75, 3.05) is 12.8 Å². The zero-order valence-corrected chi connectivity index (χ0v) is 7.78. The molecule has 0 spiro atoms. The highest BCUT2D eigenvalue weighted by atomic mass is 19.1. The largest absolute Gasteiger partial charge is 0.479 e. The monoisotopic (exact) mass is 213 g/mol. The second kappa shape index (κ2) is 3.91. The van der Waals surface area contributed by atoms with Crippen LogP contribution in [0, 0.1) is 5.82 Å². The summed E-state index contributed by atoms with van der Waals surface area (Å²) in [5.74, 6) is -3.88. The highest BCUT2D eigenvalue weighted by molar-refractivity contribution is 6.43. The van der Waals surface area contributed by atoms with E-state index in [0.717, 1.165) is 6.07 Å². The van der Waals surface area contributed by atoms with Crippen LogP contribution in [-0.2, 0) is 4.79 Å². The first-order valence-corrected chi connectivity index (χ1v) is 3.81. The summed E-state index contributed by atoms with van der Waals surface area (Å²) in [6, 6.07) is 0.758. The quantitative estimate of drug-likeness (QED) is 0.518. The average molecular weight is 213 g/mol. The van der Waals surface area contributed by atoms with E-state index in [1.807, 2.05) is 0 Å². The van der Waals surface area contributed by atoms with E-state index >= 15 is 0 Å². The maximum atomic E-state index is 13.1. The molecule has 0 radical (unpaired) electrons. The van der Waals surface area contributed by atoms with Crippen LogP contribution in [0.15, 0.2) is 6.07 Å². The van der Waals surface area contributed by atoms with Crippen LogP contribution >= 0.6 is 0 Å². The molecule has 1 amide bonds. The van der Waals surface area contributed by atoms with E-state index in [1.54, 1.807) is 0 Å². The molecule has 0 saturated carbocycles. The van der Waals surface area contributed by atoms with Crippen molar-refractivity contribution in [2.24, 2.45) is 5.73 Å². The molecule has 0 fully saturated rings. The van der Waals surface area contributed by atoms with Gasteiger partial charge in [-0.1, -0.05) is 0 Å². The van der Waals surface area contributed by atoms with Gasteiger partial charge in [0.15, 0.2) is 5.82 Å². The molecule has 0 bridgehead atoms. The fourth-order valence-corrected chi connectivity index (χ4v) is 0.943. The Morgan fingerprint density at radius 1 is 1.53 bits per heavy atom. The number of primary amides is 1. The molecule has 0 aliphatic carbocycles. The highest BCUT2D eigenvalue weighted by Crippen LogP contribution is 2.19. The maximum Gasteiger partial charge on any atom is 0.289 e. The minimum Gasteiger partial charge on any atom is -0.479 e. The van der Waals surface area contributed by atoms with Crippen LogP contribution in [0.25, 0.3) is 0 Å². The first kappa shape index (κ1) is 10.9. The van der Waals surface area contributed by atoms with Crippen molar-refractivity contribution in [3.63, 3.8) is 0 Å². The Kier molecular flexibility index (Phi) is 2.84. The molecule has 15 heavy (non-hydrogen) atoms. The minimum atomic E-state index is -1.23. The number of Topliss-reactive ketones (excluding diaryl/α,β-unsaturated/α-hetero) is 1. The molecule has 80 valence electrons. The highest BCUT2D eigenvalue weighted by Gasteiger charge is 2.19. The van der Waals surface area contributed by atoms with Crippen LogP contribution in [0.4, 0.5) is 10.2 Å². The van der Waals surface area contributed by atoms with Crippen LogP contribution in [0.1, 0.15) is 10.4 Å². The first-order valence-electron chi connectivity index (χ1n) is 3.81. The molecule has 7 heteroatoms. The number of nitrogens with zero attached hydrogens (tertiary/aromatic N) is 1. The Morgan fingerprint density at radius 3 is 2.60 bits per heavy atom. The van der Waals surface area contributed by atoms with Crippen molar-refractivity contribution in [3.05, 3.63) is 17.4 Å². The number of carbonyl (C=O) groups is 2. The van der Waals surface area contributed by atoms with Crippen molar-refractivity contribution in [2.45, 2.75) is 0 Å². The van der Waals surface area contributed by atoms with E-state index in [9.17, 15) is 14.0 Å². The molecule has 0 aliphatic heterocycles. The molecular weight excluding hydrogens is 205 g/mol. The van der Waals surface area contributed by atoms with Gasteiger partial charge in [-0.15, -0.1) is 0 Å². The molecule has 1 heterocycles. The van der Waals surface area contributed by atoms with E-state index < -0.39 is 17.5 Å². The lowest BCUT2D eigenvalue weighted by atomic mass is 10.1. The van der Waals surface area contributed by atoms with Crippen molar-refractivity contribution < 1.29 is 18.7 Å². The molecular formula is C8H8FN3O3. The Labute approximate surface area is 84.0 Å². The molecule has 0 saturated heterocycles. The van der Waals surface area contributed by atoms with Gasteiger partial charge in [0.05, 0.1) is 12.7 Å². The molecule has 0 unspecified atom stereocenters. The Morgan fingerprint density at radius 2 is 2.13 bits per heavy atom. The van der Waals surface area contributed by atoms with Crippen LogP contribution < -0.4 is 16.2 Å². The normalized spacial score (nSPS) is 9.73. The van der Waals surface area contributed by atoms with Crippen LogP contribution in [0.3, 0.4) is 0 Å². The van der Waals surface area contributed by atoms with Gasteiger partial charge in [0.25, 0.3) is 17.6 Å². The maximum absolute atomic E-state index is 13.1. The number of rotatable bonds is 3. The average Bonchev–Trinajstić information content (AvgIpc) is 2.19. The topological polar surface area (TPSA) is 108 Å². The van der Waals surface area contributed by atoms with Gasteiger partial charge in [-0.3, -0.25) is 9.59 Å². The van der Waals surface area contributed by atoms with Gasteiger partial charge in [0.1, 0.15) is 5.82 Å². The predicted octanol–water partition coefficient (Wildman–Crippen LogP) is -0.521. The van der Waals surface area contributed by atoms with E-state index in [0.29, 0.717) is 0 Å². The smallest absolute Gasteiger partial charge is 0.289 e. The standard InChI is InChI=1S/C8H8FN3O3/c1-15-8-4(9)2-3(6(10)12-8)5(13)7(11)14/h2H,1H3,(H2,10,12)(H2,11,14). The molecule has 0 aliphatic rings. The molecule has 1 aromatic rings. The fraction of sp³-hybridized carbons (Fsp3) is 0.125. The van der Waals surface area contributed by atoms with E-state index in [2.05, 4.69) is 9.72 Å². The van der Waals surface area contributed by atoms with E-state index in [4.69, 9.17) is 11.5 Å². The number of methoxy groups -OCH3 is 1. The summed E-state index contributed by atoms with van der Waals surface area (Å²) < 4.78 is 17.6. The van der Waals surface area contributed by atoms with E-state index in [-0.39, 0.29) is 17.3 Å². The lowest BCUT2D eigenvalue weighted by molar-refractivity contribution is -0.114. The lowest BCUT2D eigenvalue weighted by Gasteiger charge is -2.05. The zero-order chi connectivity index (χ0) is 11.6. The number of nitrogen functional groups attached to an aromatic ring is 1.